The SMILES string of the molecule is C1=CCC(C2(c3ccccc3)c3ccccc3-c3ccc(N(c4ccc(-c5ccccc5)cc4)c4ccc(-c5cccc6c5sc5c6ccc6c5c5ccccc5n6-c5ccccc5)cc4)cc32)C=C1. The van der Waals surface area contributed by atoms with Crippen molar-refractivity contribution < 1.29 is 0 Å². The first kappa shape index (κ1) is 40.6. The molecule has 2 heterocycles. The molecule has 12 aromatic rings. The zero-order chi connectivity index (χ0) is 46.2. The molecule has 0 bridgehead atoms. The summed E-state index contributed by atoms with van der Waals surface area (Å²) in [6, 6.07) is 87.7. The van der Waals surface area contributed by atoms with Crippen molar-refractivity contribution in [3.05, 3.63) is 278 Å². The van der Waals surface area contributed by atoms with E-state index in [-0.39, 0.29) is 11.3 Å². The number of hydrogen-bond acceptors (Lipinski definition) is 2. The molecule has 0 spiro atoms. The number of benzene rings is 10. The Labute approximate surface area is 412 Å². The topological polar surface area (TPSA) is 8.17 Å². The first-order valence-corrected chi connectivity index (χ1v) is 25.2. The molecule has 0 saturated carbocycles. The van der Waals surface area contributed by atoms with E-state index in [0.717, 1.165) is 23.5 Å². The summed E-state index contributed by atoms with van der Waals surface area (Å²) in [5.74, 6) is 0.241. The van der Waals surface area contributed by atoms with Crippen LogP contribution in [0.4, 0.5) is 17.1 Å². The Morgan fingerprint density at radius 1 is 0.429 bits per heavy atom. The largest absolute Gasteiger partial charge is 0.310 e. The van der Waals surface area contributed by atoms with Gasteiger partial charge in [0.15, 0.2) is 0 Å². The van der Waals surface area contributed by atoms with Gasteiger partial charge in [-0.15, -0.1) is 11.3 Å². The van der Waals surface area contributed by atoms with Crippen LogP contribution < -0.4 is 4.90 Å². The molecule has 2 aromatic heterocycles. The second kappa shape index (κ2) is 16.3. The monoisotopic (exact) mass is 910 g/mol. The van der Waals surface area contributed by atoms with Gasteiger partial charge in [-0.2, -0.15) is 0 Å². The van der Waals surface area contributed by atoms with Crippen LogP contribution in [0.25, 0.3) is 81.0 Å². The van der Waals surface area contributed by atoms with Crippen molar-refractivity contribution in [2.45, 2.75) is 11.8 Å². The van der Waals surface area contributed by atoms with Gasteiger partial charge in [0.1, 0.15) is 0 Å². The molecule has 10 aromatic carbocycles. The van der Waals surface area contributed by atoms with Crippen molar-refractivity contribution in [1.82, 2.24) is 4.57 Å². The molecular formula is C67H46N2S. The minimum Gasteiger partial charge on any atom is -0.310 e. The van der Waals surface area contributed by atoms with Gasteiger partial charge in [0.2, 0.25) is 0 Å². The van der Waals surface area contributed by atoms with Crippen molar-refractivity contribution >= 4 is 70.4 Å². The predicted octanol–water partition coefficient (Wildman–Crippen LogP) is 18.4. The van der Waals surface area contributed by atoms with Crippen LogP contribution in [0.1, 0.15) is 23.1 Å². The first-order valence-electron chi connectivity index (χ1n) is 24.4. The molecule has 70 heavy (non-hydrogen) atoms. The van der Waals surface area contributed by atoms with Crippen LogP contribution in [0, 0.1) is 5.92 Å². The molecule has 0 radical (unpaired) electrons. The van der Waals surface area contributed by atoms with E-state index >= 15 is 0 Å². The van der Waals surface area contributed by atoms with Crippen molar-refractivity contribution in [1.29, 1.82) is 0 Å². The van der Waals surface area contributed by atoms with Gasteiger partial charge in [-0.25, -0.2) is 0 Å². The van der Waals surface area contributed by atoms with E-state index in [0.29, 0.717) is 0 Å². The Morgan fingerprint density at radius 3 is 1.81 bits per heavy atom. The van der Waals surface area contributed by atoms with Crippen molar-refractivity contribution in [3.63, 3.8) is 0 Å². The fourth-order valence-corrected chi connectivity index (χ4v) is 13.4. The Morgan fingerprint density at radius 2 is 1.04 bits per heavy atom. The zero-order valence-corrected chi connectivity index (χ0v) is 39.2. The van der Waals surface area contributed by atoms with Gasteiger partial charge in [0.05, 0.1) is 16.4 Å². The summed E-state index contributed by atoms with van der Waals surface area (Å²) in [6.45, 7) is 0. The molecule has 330 valence electrons. The molecule has 2 unspecified atom stereocenters. The molecule has 0 amide bonds. The van der Waals surface area contributed by atoms with Gasteiger partial charge in [-0.05, 0) is 123 Å². The third-order valence-electron chi connectivity index (χ3n) is 15.1. The summed E-state index contributed by atoms with van der Waals surface area (Å²) in [6.07, 6.45) is 10.2. The second-order valence-electron chi connectivity index (χ2n) is 18.7. The van der Waals surface area contributed by atoms with Crippen LogP contribution in [-0.2, 0) is 5.41 Å². The fourth-order valence-electron chi connectivity index (χ4n) is 12.0. The molecule has 2 atom stereocenters. The zero-order valence-electron chi connectivity index (χ0n) is 38.4. The van der Waals surface area contributed by atoms with Gasteiger partial charge in [-0.1, -0.05) is 200 Å². The first-order chi connectivity index (χ1) is 34.7. The van der Waals surface area contributed by atoms with E-state index in [1.165, 1.54) is 97.7 Å². The Balaban J connectivity index is 0.927. The van der Waals surface area contributed by atoms with Crippen LogP contribution in [0.3, 0.4) is 0 Å². The standard InChI is InChI=1S/C67H46N2S/c1-5-18-45(19-6-1)46-32-36-51(37-33-46)68(53-40-41-56-55-26-13-15-30-60(55)67(61(56)44-53,48-20-7-2-8-21-48)49-22-9-3-10-23-49)52-38-34-47(35-39-52)54-28-17-29-57-58-42-43-63-64(66(58)70-65(54)57)59-27-14-16-31-62(59)69(63)50-24-11-4-12-25-50/h1-22,24-44,49H,23H2. The van der Waals surface area contributed by atoms with Gasteiger partial charge < -0.3 is 9.47 Å². The summed E-state index contributed by atoms with van der Waals surface area (Å²) >= 11 is 1.92. The highest BCUT2D eigenvalue weighted by atomic mass is 32.1. The van der Waals surface area contributed by atoms with Crippen LogP contribution >= 0.6 is 11.3 Å². The highest BCUT2D eigenvalue weighted by molar-refractivity contribution is 7.27. The summed E-state index contributed by atoms with van der Waals surface area (Å²) < 4.78 is 5.06. The van der Waals surface area contributed by atoms with Crippen LogP contribution in [-0.4, -0.2) is 4.57 Å². The highest BCUT2D eigenvalue weighted by Gasteiger charge is 2.49. The Bertz CT molecular complexity index is 4010. The van der Waals surface area contributed by atoms with E-state index in [4.69, 9.17) is 0 Å². The number of allylic oxidation sites excluding steroid dienone is 4. The Kier molecular flexibility index (Phi) is 9.47. The maximum Gasteiger partial charge on any atom is 0.0555 e. The number of nitrogens with zero attached hydrogens (tertiary/aromatic N) is 2. The lowest BCUT2D eigenvalue weighted by Crippen LogP contribution is -2.35. The molecule has 3 heteroatoms. The van der Waals surface area contributed by atoms with Gasteiger partial charge in [-0.3, -0.25) is 0 Å². The third-order valence-corrected chi connectivity index (χ3v) is 16.4. The summed E-state index contributed by atoms with van der Waals surface area (Å²) in [5, 5.41) is 5.20. The van der Waals surface area contributed by atoms with Gasteiger partial charge in [0, 0.05) is 53.7 Å². The number of anilines is 3. The van der Waals surface area contributed by atoms with Gasteiger partial charge >= 0.3 is 0 Å². The number of hydrogen-bond donors (Lipinski definition) is 0. The molecular weight excluding hydrogens is 865 g/mol. The molecule has 0 aliphatic heterocycles. The molecule has 2 aliphatic carbocycles. The van der Waals surface area contributed by atoms with E-state index in [1.807, 2.05) is 11.3 Å². The lowest BCUT2D eigenvalue weighted by molar-refractivity contribution is 0.457. The van der Waals surface area contributed by atoms with Crippen molar-refractivity contribution in [2.75, 3.05) is 4.90 Å². The van der Waals surface area contributed by atoms with Crippen molar-refractivity contribution in [2.24, 2.45) is 5.92 Å². The van der Waals surface area contributed by atoms with E-state index in [1.54, 1.807) is 0 Å². The molecule has 0 fully saturated rings. The Hall–Kier alpha value is -8.50. The van der Waals surface area contributed by atoms with E-state index < -0.39 is 0 Å². The molecule has 2 nitrogen and oxygen atoms in total. The second-order valence-corrected chi connectivity index (χ2v) is 19.7. The van der Waals surface area contributed by atoms with Gasteiger partial charge in [0.25, 0.3) is 0 Å². The number of rotatable bonds is 8. The molecule has 0 N–H and O–H groups in total. The maximum atomic E-state index is 2.50. The lowest BCUT2D eigenvalue weighted by atomic mass is 9.62. The lowest BCUT2D eigenvalue weighted by Gasteiger charge is -2.40. The predicted molar refractivity (Wildman–Crippen MR) is 297 cm³/mol. The van der Waals surface area contributed by atoms with Crippen LogP contribution in [0.15, 0.2) is 261 Å². The highest BCUT2D eigenvalue weighted by Crippen LogP contribution is 2.59. The number of thiophene rings is 1. The average Bonchev–Trinajstić information content (AvgIpc) is 4.09. The minimum atomic E-state index is -0.373. The fraction of sp³-hybridized carbons (Fsp3) is 0.0448. The smallest absolute Gasteiger partial charge is 0.0555 e. The van der Waals surface area contributed by atoms with E-state index in [9.17, 15) is 0 Å². The molecule has 2 aliphatic rings. The average molecular weight is 911 g/mol. The summed E-state index contributed by atoms with van der Waals surface area (Å²) in [4.78, 5) is 2.45. The minimum absolute atomic E-state index is 0.241. The number of aromatic nitrogens is 1. The van der Waals surface area contributed by atoms with Crippen molar-refractivity contribution in [3.8, 4) is 39.1 Å². The summed E-state index contributed by atoms with van der Waals surface area (Å²) in [5.41, 5.74) is 18.1. The summed E-state index contributed by atoms with van der Waals surface area (Å²) in [7, 11) is 0. The van der Waals surface area contributed by atoms with E-state index in [2.05, 4.69) is 270 Å². The number of para-hydroxylation sites is 2. The number of fused-ring (bicyclic) bond motifs is 10. The third kappa shape index (κ3) is 6.18. The quantitative estimate of drug-likeness (QED) is 0.147. The van der Waals surface area contributed by atoms with Crippen LogP contribution in [0.5, 0.6) is 0 Å². The molecule has 0 saturated heterocycles. The normalized spacial score (nSPS) is 16.0. The molecule has 14 rings (SSSR count). The van der Waals surface area contributed by atoms with Crippen LogP contribution in [0.2, 0.25) is 0 Å². The maximum absolute atomic E-state index is 2.50.